The zero-order valence-electron chi connectivity index (χ0n) is 10.9. The Morgan fingerprint density at radius 1 is 1.28 bits per heavy atom. The Kier molecular flexibility index (Phi) is 6.62. The minimum Gasteiger partial charge on any atom is -0.368 e. The molecule has 108 valence electrons. The maximum absolute atomic E-state index is 12.2. The molecule has 4 nitrogen and oxygen atoms in total. The normalized spacial score (nSPS) is 15.7. The molecule has 0 spiro atoms. The van der Waals surface area contributed by atoms with Crippen molar-refractivity contribution in [2.75, 3.05) is 19.6 Å². The number of hydrogen-bond acceptors (Lipinski definition) is 3. The van der Waals surface area contributed by atoms with Crippen molar-refractivity contribution in [1.29, 1.82) is 0 Å². The smallest absolute Gasteiger partial charge is 0.368 e. The van der Waals surface area contributed by atoms with Crippen molar-refractivity contribution in [3.05, 3.63) is 0 Å². The quantitative estimate of drug-likeness (QED) is 0.651. The van der Waals surface area contributed by atoms with Crippen LogP contribution < -0.4 is 11.5 Å². The number of carbonyl (C=O) groups is 1. The minimum atomic E-state index is -4.17. The van der Waals surface area contributed by atoms with Gasteiger partial charge in [-0.2, -0.15) is 13.2 Å². The molecule has 7 heteroatoms. The predicted molar refractivity (Wildman–Crippen MR) is 63.8 cm³/mol. The van der Waals surface area contributed by atoms with E-state index in [1.54, 1.807) is 6.92 Å². The summed E-state index contributed by atoms with van der Waals surface area (Å²) in [5.41, 5.74) is 9.66. The molecule has 0 aliphatic carbocycles. The van der Waals surface area contributed by atoms with E-state index in [2.05, 4.69) is 0 Å². The Labute approximate surface area is 105 Å². The van der Waals surface area contributed by atoms with E-state index in [1.165, 1.54) is 11.8 Å². The highest BCUT2D eigenvalue weighted by Gasteiger charge is 2.30. The van der Waals surface area contributed by atoms with Crippen molar-refractivity contribution in [3.63, 3.8) is 0 Å². The van der Waals surface area contributed by atoms with Crippen LogP contribution in [0.5, 0.6) is 0 Å². The van der Waals surface area contributed by atoms with Gasteiger partial charge in [0, 0.05) is 0 Å². The van der Waals surface area contributed by atoms with Crippen molar-refractivity contribution in [3.8, 4) is 0 Å². The number of nitrogens with zero attached hydrogens (tertiary/aromatic N) is 1. The third kappa shape index (κ3) is 7.50. The van der Waals surface area contributed by atoms with Crippen molar-refractivity contribution >= 4 is 5.91 Å². The summed E-state index contributed by atoms with van der Waals surface area (Å²) in [6, 6.07) is 0. The van der Waals surface area contributed by atoms with Crippen LogP contribution in [0.2, 0.25) is 0 Å². The minimum absolute atomic E-state index is 0.338. The Bertz CT molecular complexity index is 267. The first-order valence-electron chi connectivity index (χ1n) is 5.96. The molecule has 4 N–H and O–H groups in total. The number of primary amides is 1. The van der Waals surface area contributed by atoms with Crippen LogP contribution in [-0.2, 0) is 4.79 Å². The average Bonchev–Trinajstić information content (AvgIpc) is 2.20. The number of rotatable bonds is 8. The molecule has 0 radical (unpaired) electrons. The summed E-state index contributed by atoms with van der Waals surface area (Å²) in [5, 5.41) is 0. The summed E-state index contributed by atoms with van der Waals surface area (Å²) in [6.45, 7) is 2.99. The summed E-state index contributed by atoms with van der Waals surface area (Å²) < 4.78 is 36.5. The molecule has 0 heterocycles. The highest BCUT2D eigenvalue weighted by molar-refractivity contribution is 5.83. The lowest BCUT2D eigenvalue weighted by atomic mass is 9.95. The first kappa shape index (κ1) is 17.2. The molecule has 0 bridgehead atoms. The third-order valence-electron chi connectivity index (χ3n) is 2.83. The summed E-state index contributed by atoms with van der Waals surface area (Å²) in [5.74, 6) is -0.592. The van der Waals surface area contributed by atoms with Crippen molar-refractivity contribution in [2.24, 2.45) is 11.5 Å². The average molecular weight is 269 g/mol. The molecule has 0 saturated heterocycles. The Balaban J connectivity index is 3.92. The highest BCUT2D eigenvalue weighted by atomic mass is 19.4. The molecule has 0 fully saturated rings. The van der Waals surface area contributed by atoms with Gasteiger partial charge in [0.2, 0.25) is 5.91 Å². The summed E-state index contributed by atoms with van der Waals surface area (Å²) in [4.78, 5) is 12.2. The van der Waals surface area contributed by atoms with Crippen LogP contribution in [0.3, 0.4) is 0 Å². The number of hydrogen-bond donors (Lipinski definition) is 2. The van der Waals surface area contributed by atoms with Gasteiger partial charge in [-0.1, -0.05) is 6.92 Å². The SMILES string of the molecule is CCN(CCCCC(C)(N)C(N)=O)CC(F)(F)F. The Hall–Kier alpha value is -0.820. The van der Waals surface area contributed by atoms with E-state index in [4.69, 9.17) is 11.5 Å². The maximum Gasteiger partial charge on any atom is 0.401 e. The number of amides is 1. The van der Waals surface area contributed by atoms with Gasteiger partial charge in [0.15, 0.2) is 0 Å². The van der Waals surface area contributed by atoms with E-state index in [1.807, 2.05) is 0 Å². The van der Waals surface area contributed by atoms with Crippen LogP contribution in [0.15, 0.2) is 0 Å². The van der Waals surface area contributed by atoms with Crippen LogP contribution in [0.25, 0.3) is 0 Å². The van der Waals surface area contributed by atoms with Gasteiger partial charge in [0.05, 0.1) is 12.1 Å². The number of halogens is 3. The molecule has 0 aromatic carbocycles. The number of alkyl halides is 3. The topological polar surface area (TPSA) is 72.3 Å². The molecule has 0 aromatic rings. The Morgan fingerprint density at radius 2 is 1.83 bits per heavy atom. The highest BCUT2D eigenvalue weighted by Crippen LogP contribution is 2.17. The largest absolute Gasteiger partial charge is 0.401 e. The van der Waals surface area contributed by atoms with Crippen molar-refractivity contribution in [1.82, 2.24) is 4.90 Å². The molecular formula is C11H22F3N3O. The fourth-order valence-electron chi connectivity index (χ4n) is 1.55. The zero-order valence-corrected chi connectivity index (χ0v) is 10.9. The van der Waals surface area contributed by atoms with E-state index in [9.17, 15) is 18.0 Å². The molecule has 0 aliphatic rings. The van der Waals surface area contributed by atoms with Crippen LogP contribution in [0.4, 0.5) is 13.2 Å². The van der Waals surface area contributed by atoms with Crippen LogP contribution in [-0.4, -0.2) is 42.2 Å². The van der Waals surface area contributed by atoms with Gasteiger partial charge < -0.3 is 11.5 Å². The zero-order chi connectivity index (χ0) is 14.4. The molecule has 1 amide bonds. The predicted octanol–water partition coefficient (Wildman–Crippen LogP) is 1.24. The maximum atomic E-state index is 12.2. The lowest BCUT2D eigenvalue weighted by Crippen LogP contribution is -2.49. The van der Waals surface area contributed by atoms with Gasteiger partial charge in [0.25, 0.3) is 0 Å². The van der Waals surface area contributed by atoms with E-state index < -0.39 is 24.2 Å². The first-order valence-corrected chi connectivity index (χ1v) is 5.96. The van der Waals surface area contributed by atoms with Crippen LogP contribution >= 0.6 is 0 Å². The summed E-state index contributed by atoms with van der Waals surface area (Å²) in [7, 11) is 0. The van der Waals surface area contributed by atoms with Crippen molar-refractivity contribution < 1.29 is 18.0 Å². The molecule has 0 saturated carbocycles. The standard InChI is InChI=1S/C11H22F3N3O/c1-3-17(8-11(12,13)14)7-5-4-6-10(2,16)9(15)18/h3-8,16H2,1-2H3,(H2,15,18). The van der Waals surface area contributed by atoms with E-state index >= 15 is 0 Å². The lowest BCUT2D eigenvalue weighted by Gasteiger charge is -2.23. The molecule has 0 aliphatic heterocycles. The van der Waals surface area contributed by atoms with Gasteiger partial charge in [-0.15, -0.1) is 0 Å². The number of carbonyl (C=O) groups excluding carboxylic acids is 1. The summed E-state index contributed by atoms with van der Waals surface area (Å²) in [6.07, 6.45) is -2.66. The monoisotopic (exact) mass is 269 g/mol. The van der Waals surface area contributed by atoms with Gasteiger partial charge in [0.1, 0.15) is 0 Å². The Morgan fingerprint density at radius 3 is 2.22 bits per heavy atom. The van der Waals surface area contributed by atoms with Gasteiger partial charge >= 0.3 is 6.18 Å². The second-order valence-corrected chi connectivity index (χ2v) is 4.72. The fourth-order valence-corrected chi connectivity index (χ4v) is 1.55. The molecule has 0 rings (SSSR count). The molecule has 18 heavy (non-hydrogen) atoms. The first-order chi connectivity index (χ1) is 8.08. The van der Waals surface area contributed by atoms with Gasteiger partial charge in [-0.3, -0.25) is 9.69 Å². The molecule has 1 unspecified atom stereocenters. The van der Waals surface area contributed by atoms with Gasteiger partial charge in [-0.05, 0) is 39.3 Å². The van der Waals surface area contributed by atoms with E-state index in [-0.39, 0.29) is 0 Å². The van der Waals surface area contributed by atoms with Gasteiger partial charge in [-0.25, -0.2) is 0 Å². The molecule has 0 aromatic heterocycles. The number of unbranched alkanes of at least 4 members (excludes halogenated alkanes) is 1. The third-order valence-corrected chi connectivity index (χ3v) is 2.83. The summed E-state index contributed by atoms with van der Waals surface area (Å²) >= 11 is 0. The fraction of sp³-hybridized carbons (Fsp3) is 0.909. The van der Waals surface area contributed by atoms with E-state index in [0.29, 0.717) is 32.4 Å². The molecule has 1 atom stereocenters. The second kappa shape index (κ2) is 6.94. The van der Waals surface area contributed by atoms with Crippen molar-refractivity contribution in [2.45, 2.75) is 44.8 Å². The lowest BCUT2D eigenvalue weighted by molar-refractivity contribution is -0.145. The number of nitrogens with two attached hydrogens (primary N) is 2. The van der Waals surface area contributed by atoms with Crippen LogP contribution in [0, 0.1) is 0 Å². The second-order valence-electron chi connectivity index (χ2n) is 4.72. The molecular weight excluding hydrogens is 247 g/mol. The van der Waals surface area contributed by atoms with Crippen LogP contribution in [0.1, 0.15) is 33.1 Å². The van der Waals surface area contributed by atoms with E-state index in [0.717, 1.165) is 0 Å².